The Morgan fingerprint density at radius 3 is 2.31 bits per heavy atom. The number of hydrogen-bond acceptors (Lipinski definition) is 7. The van der Waals surface area contributed by atoms with Crippen LogP contribution in [0.25, 0.3) is 0 Å². The van der Waals surface area contributed by atoms with Gasteiger partial charge in [-0.3, -0.25) is 0 Å². The standard InChI is InChI=1S/C22H28N2O7S/c1-5-6-12-23-17-13-15(20(25)26)14-18(19(17)30-16-10-8-7-9-11-16)32(28,29)24-21(27)31-22(2,3)4/h7-11,13-14,23H,5-6,12H2,1-4H3,(H,24,27)(H,25,26). The molecule has 0 aliphatic carbocycles. The van der Waals surface area contributed by atoms with E-state index in [2.05, 4.69) is 5.32 Å². The van der Waals surface area contributed by atoms with Crippen molar-refractivity contribution in [2.45, 2.75) is 51.0 Å². The Hall–Kier alpha value is -3.27. The van der Waals surface area contributed by atoms with Crippen molar-refractivity contribution in [3.05, 3.63) is 48.0 Å². The average molecular weight is 465 g/mol. The number of hydrogen-bond donors (Lipinski definition) is 3. The van der Waals surface area contributed by atoms with Crippen LogP contribution in [0.5, 0.6) is 11.5 Å². The minimum Gasteiger partial charge on any atom is -0.478 e. The second-order valence-corrected chi connectivity index (χ2v) is 9.61. The number of benzene rings is 2. The molecule has 0 saturated heterocycles. The van der Waals surface area contributed by atoms with Crippen LogP contribution in [0.15, 0.2) is 47.4 Å². The number of para-hydroxylation sites is 1. The zero-order valence-electron chi connectivity index (χ0n) is 18.5. The van der Waals surface area contributed by atoms with Gasteiger partial charge in [0.2, 0.25) is 0 Å². The third-order valence-electron chi connectivity index (χ3n) is 4.02. The van der Waals surface area contributed by atoms with Crippen LogP contribution in [-0.4, -0.2) is 37.7 Å². The SMILES string of the molecule is CCCCNc1cc(C(=O)O)cc(S(=O)(=O)NC(=O)OC(C)(C)C)c1Oc1ccccc1. The summed E-state index contributed by atoms with van der Waals surface area (Å²) in [5.41, 5.74) is -1.04. The molecule has 0 unspecified atom stereocenters. The molecule has 0 fully saturated rings. The van der Waals surface area contributed by atoms with Gasteiger partial charge in [-0.2, -0.15) is 0 Å². The third kappa shape index (κ3) is 7.16. The molecule has 2 rings (SSSR count). The van der Waals surface area contributed by atoms with Crippen LogP contribution in [0.2, 0.25) is 0 Å². The number of carbonyl (C=O) groups is 2. The van der Waals surface area contributed by atoms with Crippen molar-refractivity contribution in [2.24, 2.45) is 0 Å². The molecule has 0 atom stereocenters. The lowest BCUT2D eigenvalue weighted by molar-refractivity contribution is 0.0569. The van der Waals surface area contributed by atoms with Gasteiger partial charge in [-0.15, -0.1) is 0 Å². The van der Waals surface area contributed by atoms with E-state index in [9.17, 15) is 23.1 Å². The maximum atomic E-state index is 13.1. The number of rotatable bonds is 9. The van der Waals surface area contributed by atoms with E-state index >= 15 is 0 Å². The number of ether oxygens (including phenoxy) is 2. The van der Waals surface area contributed by atoms with Gasteiger partial charge in [0.05, 0.1) is 11.3 Å². The minimum absolute atomic E-state index is 0.131. The molecule has 0 bridgehead atoms. The predicted octanol–water partition coefficient (Wildman–Crippen LogP) is 4.60. The maximum Gasteiger partial charge on any atom is 0.421 e. The monoisotopic (exact) mass is 464 g/mol. The lowest BCUT2D eigenvalue weighted by Crippen LogP contribution is -2.36. The largest absolute Gasteiger partial charge is 0.478 e. The van der Waals surface area contributed by atoms with Crippen LogP contribution in [0, 0.1) is 0 Å². The van der Waals surface area contributed by atoms with Crippen LogP contribution in [0.1, 0.15) is 50.9 Å². The molecule has 0 aliphatic rings. The van der Waals surface area contributed by atoms with Gasteiger partial charge in [0.15, 0.2) is 5.75 Å². The van der Waals surface area contributed by atoms with E-state index in [-0.39, 0.29) is 17.0 Å². The van der Waals surface area contributed by atoms with Crippen LogP contribution in [-0.2, 0) is 14.8 Å². The summed E-state index contributed by atoms with van der Waals surface area (Å²) in [6.45, 7) is 7.21. The Labute approximate surface area is 187 Å². The van der Waals surface area contributed by atoms with Crippen molar-refractivity contribution in [1.29, 1.82) is 0 Å². The predicted molar refractivity (Wildman–Crippen MR) is 120 cm³/mol. The van der Waals surface area contributed by atoms with Crippen molar-refractivity contribution in [3.63, 3.8) is 0 Å². The summed E-state index contributed by atoms with van der Waals surface area (Å²) in [5, 5.41) is 12.5. The third-order valence-corrected chi connectivity index (χ3v) is 5.33. The Bertz CT molecular complexity index is 1060. The van der Waals surface area contributed by atoms with Crippen molar-refractivity contribution in [1.82, 2.24) is 4.72 Å². The second-order valence-electron chi connectivity index (χ2n) is 7.96. The van der Waals surface area contributed by atoms with Crippen molar-refractivity contribution in [2.75, 3.05) is 11.9 Å². The number of nitrogens with one attached hydrogen (secondary N) is 2. The van der Waals surface area contributed by atoms with Gasteiger partial charge in [-0.1, -0.05) is 31.5 Å². The Balaban J connectivity index is 2.60. The zero-order chi connectivity index (χ0) is 23.9. The number of carboxylic acid groups (broad SMARTS) is 1. The lowest BCUT2D eigenvalue weighted by Gasteiger charge is -2.21. The lowest BCUT2D eigenvalue weighted by atomic mass is 10.1. The number of sulfonamides is 1. The van der Waals surface area contributed by atoms with Crippen LogP contribution < -0.4 is 14.8 Å². The van der Waals surface area contributed by atoms with E-state index < -0.39 is 32.6 Å². The van der Waals surface area contributed by atoms with Gasteiger partial charge in [-0.25, -0.2) is 22.7 Å². The first-order chi connectivity index (χ1) is 14.9. The normalized spacial score (nSPS) is 11.5. The maximum absolute atomic E-state index is 13.1. The average Bonchev–Trinajstić information content (AvgIpc) is 2.67. The Morgan fingerprint density at radius 1 is 1.09 bits per heavy atom. The molecule has 0 heterocycles. The molecule has 174 valence electrons. The molecule has 0 radical (unpaired) electrons. The molecular weight excluding hydrogens is 436 g/mol. The topological polar surface area (TPSA) is 131 Å². The number of unbranched alkanes of at least 4 members (excludes halogenated alkanes) is 1. The fourth-order valence-electron chi connectivity index (χ4n) is 2.63. The summed E-state index contributed by atoms with van der Waals surface area (Å²) in [6.07, 6.45) is 0.441. The Kier molecular flexibility index (Phi) is 8.09. The van der Waals surface area contributed by atoms with Crippen molar-refractivity contribution in [3.8, 4) is 11.5 Å². The summed E-state index contributed by atoms with van der Waals surface area (Å²) >= 11 is 0. The highest BCUT2D eigenvalue weighted by Gasteiger charge is 2.29. The van der Waals surface area contributed by atoms with E-state index in [4.69, 9.17) is 9.47 Å². The molecule has 0 aliphatic heterocycles. The van der Waals surface area contributed by atoms with E-state index in [1.54, 1.807) is 51.1 Å². The highest BCUT2D eigenvalue weighted by atomic mass is 32.2. The molecule has 1 amide bonds. The van der Waals surface area contributed by atoms with Gasteiger partial charge >= 0.3 is 12.1 Å². The summed E-state index contributed by atoms with van der Waals surface area (Å²) in [6, 6.07) is 10.7. The molecule has 2 aromatic carbocycles. The molecular formula is C22H28N2O7S. The quantitative estimate of drug-likeness (QED) is 0.459. The van der Waals surface area contributed by atoms with Crippen molar-refractivity contribution < 1.29 is 32.6 Å². The highest BCUT2D eigenvalue weighted by molar-refractivity contribution is 7.90. The van der Waals surface area contributed by atoms with E-state index in [1.165, 1.54) is 6.07 Å². The Morgan fingerprint density at radius 2 is 1.75 bits per heavy atom. The van der Waals surface area contributed by atoms with Gasteiger partial charge in [0.1, 0.15) is 16.2 Å². The fraction of sp³-hybridized carbons (Fsp3) is 0.364. The molecule has 32 heavy (non-hydrogen) atoms. The summed E-state index contributed by atoms with van der Waals surface area (Å²) in [7, 11) is -4.54. The van der Waals surface area contributed by atoms with Crippen LogP contribution >= 0.6 is 0 Å². The van der Waals surface area contributed by atoms with Gasteiger partial charge in [0.25, 0.3) is 10.0 Å². The van der Waals surface area contributed by atoms with Crippen LogP contribution in [0.4, 0.5) is 10.5 Å². The minimum atomic E-state index is -4.54. The number of anilines is 1. The van der Waals surface area contributed by atoms with Crippen LogP contribution in [0.3, 0.4) is 0 Å². The first kappa shape index (κ1) is 25.0. The number of aromatic carboxylic acids is 1. The fourth-order valence-corrected chi connectivity index (χ4v) is 3.68. The van der Waals surface area contributed by atoms with Gasteiger partial charge < -0.3 is 19.9 Å². The summed E-state index contributed by atoms with van der Waals surface area (Å²) in [5.74, 6) is -1.13. The summed E-state index contributed by atoms with van der Waals surface area (Å²) < 4.78 is 38.9. The van der Waals surface area contributed by atoms with Crippen molar-refractivity contribution >= 4 is 27.8 Å². The molecule has 2 aromatic rings. The number of carboxylic acids is 1. The molecule has 9 nitrogen and oxygen atoms in total. The molecule has 0 saturated carbocycles. The second kappa shape index (κ2) is 10.4. The van der Waals surface area contributed by atoms with Gasteiger partial charge in [-0.05, 0) is 51.5 Å². The van der Waals surface area contributed by atoms with E-state index in [0.717, 1.165) is 18.9 Å². The highest BCUT2D eigenvalue weighted by Crippen LogP contribution is 2.37. The number of amides is 1. The zero-order valence-corrected chi connectivity index (χ0v) is 19.3. The first-order valence-corrected chi connectivity index (χ1v) is 11.5. The smallest absolute Gasteiger partial charge is 0.421 e. The molecule has 0 aromatic heterocycles. The van der Waals surface area contributed by atoms with E-state index in [1.807, 2.05) is 11.6 Å². The van der Waals surface area contributed by atoms with E-state index in [0.29, 0.717) is 12.3 Å². The van der Waals surface area contributed by atoms with Gasteiger partial charge in [0, 0.05) is 6.54 Å². The number of carbonyl (C=O) groups excluding carboxylic acids is 1. The molecule has 10 heteroatoms. The summed E-state index contributed by atoms with van der Waals surface area (Å²) in [4.78, 5) is 23.3. The first-order valence-electron chi connectivity index (χ1n) is 10.1. The molecule has 0 spiro atoms. The molecule has 3 N–H and O–H groups in total.